The summed E-state index contributed by atoms with van der Waals surface area (Å²) in [6.45, 7) is 0. The van der Waals surface area contributed by atoms with Crippen LogP contribution >= 0.6 is 23.2 Å². The summed E-state index contributed by atoms with van der Waals surface area (Å²) in [5.74, 6) is 0.627. The minimum Gasteiger partial charge on any atom is -0.497 e. The van der Waals surface area contributed by atoms with Crippen molar-refractivity contribution < 1.29 is 17.3 Å². The Hall–Kier alpha value is -1.43. The van der Waals surface area contributed by atoms with Crippen molar-refractivity contribution in [1.29, 1.82) is 0 Å². The molecular formula is C13H10Cl2O4S. The van der Waals surface area contributed by atoms with Crippen molar-refractivity contribution in [2.24, 2.45) is 0 Å². The van der Waals surface area contributed by atoms with Crippen molar-refractivity contribution in [3.8, 4) is 11.5 Å². The van der Waals surface area contributed by atoms with Gasteiger partial charge in [0.05, 0.1) is 7.11 Å². The monoisotopic (exact) mass is 332 g/mol. The van der Waals surface area contributed by atoms with Crippen LogP contribution in [0.25, 0.3) is 0 Å². The van der Waals surface area contributed by atoms with Crippen molar-refractivity contribution in [1.82, 2.24) is 0 Å². The smallest absolute Gasteiger partial charge is 0.339 e. The standard InChI is InChI=1S/C13H10Cl2O4S/c1-18-11-3-2-4-12(8-11)19-20(16,17)13-6-9(14)5-10(15)7-13/h2-8H,1H3. The van der Waals surface area contributed by atoms with E-state index in [1.165, 1.54) is 37.4 Å². The predicted octanol–water partition coefficient (Wildman–Crippen LogP) is 3.77. The van der Waals surface area contributed by atoms with Crippen molar-refractivity contribution in [2.75, 3.05) is 7.11 Å². The second-order valence-electron chi connectivity index (χ2n) is 3.82. The average Bonchev–Trinajstić information content (AvgIpc) is 2.37. The molecule has 0 aliphatic heterocycles. The Kier molecular flexibility index (Phi) is 4.42. The van der Waals surface area contributed by atoms with Gasteiger partial charge in [0.1, 0.15) is 16.4 Å². The number of hydrogen-bond donors (Lipinski definition) is 0. The molecule has 7 heteroatoms. The fourth-order valence-electron chi connectivity index (χ4n) is 1.50. The molecular weight excluding hydrogens is 323 g/mol. The number of ether oxygens (including phenoxy) is 1. The molecule has 0 radical (unpaired) electrons. The Morgan fingerprint density at radius 1 is 0.950 bits per heavy atom. The van der Waals surface area contributed by atoms with Crippen LogP contribution in [-0.2, 0) is 10.1 Å². The summed E-state index contributed by atoms with van der Waals surface area (Å²) >= 11 is 11.6. The zero-order valence-corrected chi connectivity index (χ0v) is 12.7. The number of benzene rings is 2. The van der Waals surface area contributed by atoms with Crippen molar-refractivity contribution >= 4 is 33.3 Å². The van der Waals surface area contributed by atoms with E-state index in [0.29, 0.717) is 5.75 Å². The second kappa shape index (κ2) is 5.91. The largest absolute Gasteiger partial charge is 0.497 e. The third kappa shape index (κ3) is 3.56. The molecule has 2 rings (SSSR count). The van der Waals surface area contributed by atoms with Crippen molar-refractivity contribution in [2.45, 2.75) is 4.90 Å². The van der Waals surface area contributed by atoms with E-state index in [2.05, 4.69) is 0 Å². The molecule has 2 aromatic rings. The van der Waals surface area contributed by atoms with E-state index in [-0.39, 0.29) is 20.7 Å². The van der Waals surface area contributed by atoms with E-state index >= 15 is 0 Å². The maximum Gasteiger partial charge on any atom is 0.339 e. The summed E-state index contributed by atoms with van der Waals surface area (Å²) in [4.78, 5) is -0.113. The van der Waals surface area contributed by atoms with Crippen LogP contribution in [0.15, 0.2) is 47.4 Å². The van der Waals surface area contributed by atoms with Gasteiger partial charge in [0, 0.05) is 16.1 Å². The minimum absolute atomic E-state index is 0.113. The van der Waals surface area contributed by atoms with Crippen LogP contribution < -0.4 is 8.92 Å². The van der Waals surface area contributed by atoms with Gasteiger partial charge in [-0.3, -0.25) is 0 Å². The third-order valence-electron chi connectivity index (χ3n) is 2.37. The van der Waals surface area contributed by atoms with Crippen LogP contribution in [0.2, 0.25) is 10.0 Å². The molecule has 0 aromatic heterocycles. The van der Waals surface area contributed by atoms with E-state index in [9.17, 15) is 8.42 Å². The van der Waals surface area contributed by atoms with Crippen LogP contribution in [0.4, 0.5) is 0 Å². The molecule has 0 atom stereocenters. The number of rotatable bonds is 4. The molecule has 0 amide bonds. The highest BCUT2D eigenvalue weighted by Crippen LogP contribution is 2.26. The molecule has 20 heavy (non-hydrogen) atoms. The lowest BCUT2D eigenvalue weighted by Gasteiger charge is -2.08. The van der Waals surface area contributed by atoms with Gasteiger partial charge in [0.15, 0.2) is 0 Å². The fraction of sp³-hybridized carbons (Fsp3) is 0.0769. The van der Waals surface area contributed by atoms with Crippen LogP contribution in [0.1, 0.15) is 0 Å². The van der Waals surface area contributed by atoms with Crippen LogP contribution in [-0.4, -0.2) is 15.5 Å². The summed E-state index contributed by atoms with van der Waals surface area (Å²) in [6.07, 6.45) is 0. The Morgan fingerprint density at radius 2 is 1.55 bits per heavy atom. The first-order valence-corrected chi connectivity index (χ1v) is 7.62. The lowest BCUT2D eigenvalue weighted by Crippen LogP contribution is -2.09. The topological polar surface area (TPSA) is 52.6 Å². The lowest BCUT2D eigenvalue weighted by atomic mass is 10.3. The Balaban J connectivity index is 2.35. The van der Waals surface area contributed by atoms with Gasteiger partial charge >= 0.3 is 10.1 Å². The molecule has 0 saturated carbocycles. The van der Waals surface area contributed by atoms with Gasteiger partial charge in [0.25, 0.3) is 0 Å². The van der Waals surface area contributed by atoms with Gasteiger partial charge in [-0.2, -0.15) is 8.42 Å². The summed E-state index contributed by atoms with van der Waals surface area (Å²) in [5.41, 5.74) is 0. The Morgan fingerprint density at radius 3 is 2.15 bits per heavy atom. The summed E-state index contributed by atoms with van der Waals surface area (Å²) in [5, 5.41) is 0.427. The van der Waals surface area contributed by atoms with Gasteiger partial charge in [-0.1, -0.05) is 29.3 Å². The number of hydrogen-bond acceptors (Lipinski definition) is 4. The maximum atomic E-state index is 12.1. The van der Waals surface area contributed by atoms with E-state index < -0.39 is 10.1 Å². The fourth-order valence-corrected chi connectivity index (χ4v) is 3.15. The average molecular weight is 333 g/mol. The second-order valence-corrected chi connectivity index (χ2v) is 6.24. The van der Waals surface area contributed by atoms with Crippen LogP contribution in [0.3, 0.4) is 0 Å². The first-order valence-electron chi connectivity index (χ1n) is 5.45. The van der Waals surface area contributed by atoms with E-state index in [1.54, 1.807) is 12.1 Å². The molecule has 0 aliphatic carbocycles. The van der Waals surface area contributed by atoms with Crippen molar-refractivity contribution in [3.05, 3.63) is 52.5 Å². The minimum atomic E-state index is -4.01. The zero-order valence-electron chi connectivity index (χ0n) is 10.3. The molecule has 0 bridgehead atoms. The highest BCUT2D eigenvalue weighted by atomic mass is 35.5. The molecule has 106 valence electrons. The van der Waals surface area contributed by atoms with Gasteiger partial charge < -0.3 is 8.92 Å². The molecule has 0 spiro atoms. The first kappa shape index (κ1) is 15.0. The molecule has 0 saturated heterocycles. The molecule has 4 nitrogen and oxygen atoms in total. The highest BCUT2D eigenvalue weighted by Gasteiger charge is 2.18. The Bertz CT molecular complexity index is 709. The Labute approximate surface area is 127 Å². The summed E-state index contributed by atoms with van der Waals surface area (Å²) in [6, 6.07) is 10.2. The lowest BCUT2D eigenvalue weighted by molar-refractivity contribution is 0.411. The van der Waals surface area contributed by atoms with E-state index in [4.69, 9.17) is 32.1 Å². The molecule has 0 heterocycles. The van der Waals surface area contributed by atoms with Crippen LogP contribution in [0.5, 0.6) is 11.5 Å². The normalized spacial score (nSPS) is 11.2. The number of halogens is 2. The van der Waals surface area contributed by atoms with E-state index in [1.807, 2.05) is 0 Å². The summed E-state index contributed by atoms with van der Waals surface area (Å²) in [7, 11) is -2.53. The summed E-state index contributed by atoms with van der Waals surface area (Å²) < 4.78 is 34.3. The molecule has 0 unspecified atom stereocenters. The first-order chi connectivity index (χ1) is 9.40. The molecule has 2 aromatic carbocycles. The maximum absolute atomic E-state index is 12.1. The molecule has 0 aliphatic rings. The van der Waals surface area contributed by atoms with Gasteiger partial charge in [-0.15, -0.1) is 0 Å². The molecule has 0 N–H and O–H groups in total. The SMILES string of the molecule is COc1cccc(OS(=O)(=O)c2cc(Cl)cc(Cl)c2)c1. The van der Waals surface area contributed by atoms with Gasteiger partial charge in [-0.25, -0.2) is 0 Å². The quantitative estimate of drug-likeness (QED) is 0.799. The van der Waals surface area contributed by atoms with E-state index in [0.717, 1.165) is 0 Å². The highest BCUT2D eigenvalue weighted by molar-refractivity contribution is 7.87. The van der Waals surface area contributed by atoms with Gasteiger partial charge in [-0.05, 0) is 30.3 Å². The zero-order chi connectivity index (χ0) is 14.8. The predicted molar refractivity (Wildman–Crippen MR) is 77.3 cm³/mol. The van der Waals surface area contributed by atoms with Gasteiger partial charge in [0.2, 0.25) is 0 Å². The third-order valence-corrected chi connectivity index (χ3v) is 4.03. The molecule has 0 fully saturated rings. The number of methoxy groups -OCH3 is 1. The van der Waals surface area contributed by atoms with Crippen molar-refractivity contribution in [3.63, 3.8) is 0 Å². The van der Waals surface area contributed by atoms with Crippen LogP contribution in [0, 0.1) is 0 Å².